The minimum absolute atomic E-state index is 0.0744. The molecule has 0 aromatic heterocycles. The van der Waals surface area contributed by atoms with E-state index in [0.29, 0.717) is 12.1 Å². The minimum atomic E-state index is -2.02. The van der Waals surface area contributed by atoms with Gasteiger partial charge in [-0.05, 0) is 30.2 Å². The van der Waals surface area contributed by atoms with E-state index in [1.54, 1.807) is 24.3 Å². The number of para-hydroxylation sites is 2. The van der Waals surface area contributed by atoms with Crippen LogP contribution < -0.4 is 10.2 Å². The van der Waals surface area contributed by atoms with Gasteiger partial charge in [0.2, 0.25) is 11.8 Å². The van der Waals surface area contributed by atoms with E-state index in [1.165, 1.54) is 12.1 Å². The number of rotatable bonds is 4. The Balaban J connectivity index is 1.57. The van der Waals surface area contributed by atoms with Gasteiger partial charge in [-0.1, -0.05) is 83.7 Å². The van der Waals surface area contributed by atoms with Crippen LogP contribution in [0.4, 0.5) is 11.4 Å². The maximum Gasteiger partial charge on any atom is 0.257 e. The minimum Gasteiger partial charge on any atom is -0.322 e. The summed E-state index contributed by atoms with van der Waals surface area (Å²) in [6, 6.07) is 13.6. The summed E-state index contributed by atoms with van der Waals surface area (Å²) in [6.07, 6.45) is 0.702. The van der Waals surface area contributed by atoms with Crippen LogP contribution in [0.5, 0.6) is 0 Å². The number of alkyl halides is 4. The van der Waals surface area contributed by atoms with Gasteiger partial charge in [-0.15, -0.1) is 23.2 Å². The van der Waals surface area contributed by atoms with Crippen LogP contribution in [-0.2, 0) is 16.0 Å². The van der Waals surface area contributed by atoms with E-state index >= 15 is 0 Å². The lowest BCUT2D eigenvalue weighted by molar-refractivity contribution is -0.123. The van der Waals surface area contributed by atoms with Crippen LogP contribution in [0, 0.1) is 11.8 Å². The Hall–Kier alpha value is -1.47. The first-order valence-corrected chi connectivity index (χ1v) is 12.9. The molecule has 3 amide bonds. The number of benzene rings is 2. The molecule has 0 unspecified atom stereocenters. The Morgan fingerprint density at radius 2 is 1.40 bits per heavy atom. The first kappa shape index (κ1) is 25.2. The van der Waals surface area contributed by atoms with Gasteiger partial charge in [-0.2, -0.15) is 0 Å². The van der Waals surface area contributed by atoms with Crippen molar-refractivity contribution < 1.29 is 14.4 Å². The average molecular weight is 593 g/mol. The zero-order valence-corrected chi connectivity index (χ0v) is 22.5. The molecule has 2 aromatic carbocycles. The summed E-state index contributed by atoms with van der Waals surface area (Å²) in [5.74, 6) is -4.51. The highest BCUT2D eigenvalue weighted by Gasteiger charge is 2.87. The maximum atomic E-state index is 13.7. The monoisotopic (exact) mass is 590 g/mol. The number of carbonyl (C=O) groups is 3. The molecule has 1 N–H and O–H groups in total. The molecule has 2 fully saturated rings. The number of nitrogens with one attached hydrogen (secondary N) is 1. The van der Waals surface area contributed by atoms with Crippen molar-refractivity contribution >= 4 is 98.7 Å². The fourth-order valence-corrected chi connectivity index (χ4v) is 8.16. The van der Waals surface area contributed by atoms with Crippen LogP contribution in [0.25, 0.3) is 0 Å². The number of hydrogen-bond acceptors (Lipinski definition) is 3. The number of amides is 3. The number of allylic oxidation sites excluding steroid dienone is 2. The fraction of sp³-hybridized carbons (Fsp3) is 0.292. The molecule has 2 aromatic rings. The van der Waals surface area contributed by atoms with Gasteiger partial charge < -0.3 is 5.32 Å². The molecule has 3 aliphatic rings. The first-order valence-electron chi connectivity index (χ1n) is 10.6. The lowest BCUT2D eigenvalue weighted by atomic mass is 9.84. The van der Waals surface area contributed by atoms with E-state index in [1.807, 2.05) is 19.1 Å². The van der Waals surface area contributed by atoms with Crippen molar-refractivity contribution in [2.75, 3.05) is 10.2 Å². The Morgan fingerprint density at radius 1 is 0.886 bits per heavy atom. The summed E-state index contributed by atoms with van der Waals surface area (Å²) >= 11 is 39.4. The maximum absolute atomic E-state index is 13.7. The van der Waals surface area contributed by atoms with E-state index in [-0.39, 0.29) is 21.3 Å². The highest BCUT2D eigenvalue weighted by atomic mass is 35.5. The standard InChI is InChI=1S/C24H16Cl6N2O3/c1-2-11-7-3-5-9-13(11)31-19(33)12-8-4-6-10-14(12)32-20(34)15-16(21(32)35)23(28)18(26)17(25)22(15,27)24(23,29)30/h3-10,15-16H,2H2,1H3,(H,31,33)/t15-,16+,22-,23-/m1/s1. The van der Waals surface area contributed by atoms with Gasteiger partial charge in [0.15, 0.2) is 4.33 Å². The molecule has 0 spiro atoms. The van der Waals surface area contributed by atoms with Crippen LogP contribution in [0.1, 0.15) is 22.8 Å². The number of halogens is 6. The van der Waals surface area contributed by atoms with E-state index < -0.39 is 43.6 Å². The van der Waals surface area contributed by atoms with Crippen molar-refractivity contribution in [3.63, 3.8) is 0 Å². The van der Waals surface area contributed by atoms with Crippen molar-refractivity contribution in [1.82, 2.24) is 0 Å². The highest BCUT2D eigenvalue weighted by Crippen LogP contribution is 2.77. The van der Waals surface area contributed by atoms with Crippen molar-refractivity contribution in [2.45, 2.75) is 27.4 Å². The molecule has 2 bridgehead atoms. The average Bonchev–Trinajstić information content (AvgIpc) is 3.22. The highest BCUT2D eigenvalue weighted by molar-refractivity contribution is 6.67. The fourth-order valence-electron chi connectivity index (χ4n) is 5.23. The number of imide groups is 1. The number of nitrogens with zero attached hydrogens (tertiary/aromatic N) is 1. The molecular weight excluding hydrogens is 577 g/mol. The molecule has 11 heteroatoms. The normalized spacial score (nSPS) is 30.8. The van der Waals surface area contributed by atoms with Crippen molar-refractivity contribution in [3.05, 3.63) is 69.7 Å². The zero-order chi connectivity index (χ0) is 25.5. The van der Waals surface area contributed by atoms with Crippen molar-refractivity contribution in [2.24, 2.45) is 11.8 Å². The smallest absolute Gasteiger partial charge is 0.257 e. The summed E-state index contributed by atoms with van der Waals surface area (Å²) in [6.45, 7) is 1.97. The zero-order valence-electron chi connectivity index (χ0n) is 17.9. The number of carbonyl (C=O) groups excluding carboxylic acids is 3. The van der Waals surface area contributed by atoms with Gasteiger partial charge in [-0.3, -0.25) is 14.4 Å². The number of anilines is 2. The summed E-state index contributed by atoms with van der Waals surface area (Å²) in [4.78, 5) is 37.7. The SMILES string of the molecule is CCc1ccccc1NC(=O)c1ccccc1N1C(=O)[C@@H]2[C@H](C1=O)[C@@]1(Cl)C(Cl)=C(Cl)[C@@]2(Cl)C1(Cl)Cl. The molecule has 1 saturated carbocycles. The van der Waals surface area contributed by atoms with Crippen LogP contribution in [0.2, 0.25) is 0 Å². The van der Waals surface area contributed by atoms with Gasteiger partial charge in [0, 0.05) is 5.69 Å². The second kappa shape index (κ2) is 8.27. The molecule has 5 rings (SSSR count). The summed E-state index contributed by atoms with van der Waals surface area (Å²) < 4.78 is -2.02. The van der Waals surface area contributed by atoms with Crippen LogP contribution in [0.15, 0.2) is 58.6 Å². The molecule has 5 nitrogen and oxygen atoms in total. The third-order valence-electron chi connectivity index (χ3n) is 6.94. The lowest BCUT2D eigenvalue weighted by Gasteiger charge is -2.34. The summed E-state index contributed by atoms with van der Waals surface area (Å²) in [7, 11) is 0. The number of fused-ring (bicyclic) bond motifs is 5. The molecule has 1 heterocycles. The van der Waals surface area contributed by atoms with Gasteiger partial charge in [0.1, 0.15) is 9.75 Å². The molecule has 2 aliphatic carbocycles. The molecule has 1 saturated heterocycles. The van der Waals surface area contributed by atoms with Crippen molar-refractivity contribution in [3.8, 4) is 0 Å². The predicted molar refractivity (Wildman–Crippen MR) is 140 cm³/mol. The molecule has 35 heavy (non-hydrogen) atoms. The van der Waals surface area contributed by atoms with E-state index in [9.17, 15) is 14.4 Å². The van der Waals surface area contributed by atoms with Crippen molar-refractivity contribution in [1.29, 1.82) is 0 Å². The van der Waals surface area contributed by atoms with E-state index in [0.717, 1.165) is 10.5 Å². The Kier molecular flexibility index (Phi) is 5.95. The summed E-state index contributed by atoms with van der Waals surface area (Å²) in [5.41, 5.74) is 1.74. The Morgan fingerprint density at radius 3 is 1.97 bits per heavy atom. The molecule has 1 aliphatic heterocycles. The molecule has 4 atom stereocenters. The number of aryl methyl sites for hydroxylation is 1. The van der Waals surface area contributed by atoms with Gasteiger partial charge in [0.25, 0.3) is 5.91 Å². The number of hydrogen-bond donors (Lipinski definition) is 1. The second-order valence-electron chi connectivity index (χ2n) is 8.58. The quantitative estimate of drug-likeness (QED) is 0.328. The van der Waals surface area contributed by atoms with Crippen LogP contribution in [-0.4, -0.2) is 31.8 Å². The van der Waals surface area contributed by atoms with Gasteiger partial charge in [-0.25, -0.2) is 4.90 Å². The molecule has 0 radical (unpaired) electrons. The molecular formula is C24H16Cl6N2O3. The first-order chi connectivity index (χ1) is 16.4. The molecule has 182 valence electrons. The Bertz CT molecular complexity index is 1300. The summed E-state index contributed by atoms with van der Waals surface area (Å²) in [5, 5.41) is 2.51. The second-order valence-corrected chi connectivity index (χ2v) is 11.9. The predicted octanol–water partition coefficient (Wildman–Crippen LogP) is 6.45. The Labute approximate surface area is 231 Å². The topological polar surface area (TPSA) is 66.5 Å². The van der Waals surface area contributed by atoms with Gasteiger partial charge in [0.05, 0.1) is 33.2 Å². The van der Waals surface area contributed by atoms with Gasteiger partial charge >= 0.3 is 0 Å². The van der Waals surface area contributed by atoms with E-state index in [2.05, 4.69) is 5.32 Å². The van der Waals surface area contributed by atoms with Crippen LogP contribution in [0.3, 0.4) is 0 Å². The lowest BCUT2D eigenvalue weighted by Crippen LogP contribution is -2.50. The van der Waals surface area contributed by atoms with E-state index in [4.69, 9.17) is 69.6 Å². The third kappa shape index (κ3) is 3.00. The third-order valence-corrected chi connectivity index (χ3v) is 11.2. The largest absolute Gasteiger partial charge is 0.322 e. The van der Waals surface area contributed by atoms with Crippen LogP contribution >= 0.6 is 69.6 Å².